The van der Waals surface area contributed by atoms with Gasteiger partial charge >= 0.3 is 0 Å². The normalized spacial score (nSPS) is 14.6. The van der Waals surface area contributed by atoms with Gasteiger partial charge in [0.05, 0.1) is 0 Å². The van der Waals surface area contributed by atoms with E-state index in [4.69, 9.17) is 0 Å². The predicted molar refractivity (Wildman–Crippen MR) is 65.3 cm³/mol. The summed E-state index contributed by atoms with van der Waals surface area (Å²) in [5.41, 5.74) is 0.0310. The molecule has 3 heteroatoms. The number of carbonyl (C=O) groups excluding carboxylic acids is 1. The number of hydrogen-bond acceptors (Lipinski definition) is 2. The summed E-state index contributed by atoms with van der Waals surface area (Å²) in [5, 5.41) is 2.65. The molecular weight excluding hydrogens is 188 g/mol. The van der Waals surface area contributed by atoms with Gasteiger partial charge in [0.25, 0.3) is 0 Å². The molecule has 15 heavy (non-hydrogen) atoms. The van der Waals surface area contributed by atoms with Crippen molar-refractivity contribution >= 4 is 12.1 Å². The molecule has 0 rings (SSSR count). The van der Waals surface area contributed by atoms with Crippen molar-refractivity contribution in [1.82, 2.24) is 5.32 Å². The topological polar surface area (TPSA) is 41.5 Å². The molecule has 0 bridgehead atoms. The Morgan fingerprint density at radius 2 is 1.93 bits per heavy atom. The molecule has 1 atom stereocenters. The molecular formula is C12H24N2O. The molecule has 0 spiro atoms. The van der Waals surface area contributed by atoms with Crippen LogP contribution in [0.5, 0.6) is 0 Å². The Hall–Kier alpha value is -0.860. The van der Waals surface area contributed by atoms with Gasteiger partial charge in [-0.25, -0.2) is 0 Å². The van der Waals surface area contributed by atoms with Crippen molar-refractivity contribution in [3.63, 3.8) is 0 Å². The molecule has 0 aromatic carbocycles. The fraction of sp³-hybridized carbons (Fsp3) is 0.833. The molecule has 0 unspecified atom stereocenters. The molecule has 0 fully saturated rings. The van der Waals surface area contributed by atoms with Gasteiger partial charge in [0.1, 0.15) is 6.04 Å². The molecule has 0 aliphatic heterocycles. The van der Waals surface area contributed by atoms with E-state index in [1.54, 1.807) is 7.05 Å². The first-order valence-electron chi connectivity index (χ1n) is 5.52. The zero-order chi connectivity index (χ0) is 12.1. The van der Waals surface area contributed by atoms with Crippen LogP contribution in [0.2, 0.25) is 0 Å². The first-order chi connectivity index (χ1) is 6.76. The summed E-state index contributed by atoms with van der Waals surface area (Å²) in [7, 11) is 1.66. The molecule has 1 N–H and O–H groups in total. The molecule has 0 aliphatic rings. The zero-order valence-electron chi connectivity index (χ0n) is 10.8. The van der Waals surface area contributed by atoms with Gasteiger partial charge in [0.15, 0.2) is 0 Å². The lowest BCUT2D eigenvalue weighted by atomic mass is 9.98. The smallest absolute Gasteiger partial charge is 0.244 e. The molecule has 1 amide bonds. The molecule has 0 saturated carbocycles. The van der Waals surface area contributed by atoms with E-state index in [1.165, 1.54) is 0 Å². The Morgan fingerprint density at radius 3 is 2.27 bits per heavy atom. The maximum atomic E-state index is 11.5. The Labute approximate surface area is 93.4 Å². The quantitative estimate of drug-likeness (QED) is 0.714. The van der Waals surface area contributed by atoms with E-state index in [0.717, 1.165) is 6.42 Å². The van der Waals surface area contributed by atoms with Gasteiger partial charge in [-0.1, -0.05) is 34.6 Å². The third-order valence-corrected chi connectivity index (χ3v) is 1.89. The number of rotatable bonds is 4. The number of nitrogens with one attached hydrogen (secondary N) is 1. The van der Waals surface area contributed by atoms with Crippen LogP contribution in [0.25, 0.3) is 0 Å². The largest absolute Gasteiger partial charge is 0.357 e. The fourth-order valence-electron chi connectivity index (χ4n) is 1.16. The maximum Gasteiger partial charge on any atom is 0.244 e. The van der Waals surface area contributed by atoms with Gasteiger partial charge in [-0.05, 0) is 17.8 Å². The molecule has 0 heterocycles. The summed E-state index contributed by atoms with van der Waals surface area (Å²) in [5.74, 6) is 0.480. The van der Waals surface area contributed by atoms with Gasteiger partial charge in [-0.2, -0.15) is 0 Å². The number of amides is 1. The average Bonchev–Trinajstić information content (AvgIpc) is 2.09. The fourth-order valence-corrected chi connectivity index (χ4v) is 1.16. The Bertz CT molecular complexity index is 226. The summed E-state index contributed by atoms with van der Waals surface area (Å²) in [6.07, 6.45) is 2.67. The van der Waals surface area contributed by atoms with Crippen LogP contribution in [0, 0.1) is 11.3 Å². The highest BCUT2D eigenvalue weighted by molar-refractivity contribution is 5.83. The van der Waals surface area contributed by atoms with Gasteiger partial charge in [-0.15, -0.1) is 0 Å². The van der Waals surface area contributed by atoms with Crippen LogP contribution in [-0.4, -0.2) is 25.2 Å². The van der Waals surface area contributed by atoms with Crippen molar-refractivity contribution in [3.05, 3.63) is 0 Å². The van der Waals surface area contributed by atoms with Crippen LogP contribution in [0.4, 0.5) is 0 Å². The number of carbonyl (C=O) groups is 1. The lowest BCUT2D eigenvalue weighted by molar-refractivity contribution is -0.122. The van der Waals surface area contributed by atoms with E-state index in [0.29, 0.717) is 5.92 Å². The molecule has 0 saturated heterocycles. The highest BCUT2D eigenvalue weighted by atomic mass is 16.2. The molecule has 0 aliphatic carbocycles. The van der Waals surface area contributed by atoms with Crippen molar-refractivity contribution < 1.29 is 4.79 Å². The lowest BCUT2D eigenvalue weighted by Crippen LogP contribution is -2.32. The van der Waals surface area contributed by atoms with Crippen molar-refractivity contribution in [2.75, 3.05) is 7.05 Å². The Kier molecular flexibility index (Phi) is 5.55. The molecule has 0 radical (unpaired) electrons. The van der Waals surface area contributed by atoms with Crippen LogP contribution in [0.15, 0.2) is 4.99 Å². The van der Waals surface area contributed by atoms with Crippen LogP contribution >= 0.6 is 0 Å². The summed E-state index contributed by atoms with van der Waals surface area (Å²) < 4.78 is 0. The van der Waals surface area contributed by atoms with E-state index in [9.17, 15) is 4.79 Å². The monoisotopic (exact) mass is 212 g/mol. The van der Waals surface area contributed by atoms with Crippen molar-refractivity contribution in [1.29, 1.82) is 0 Å². The van der Waals surface area contributed by atoms with Crippen molar-refractivity contribution in [2.45, 2.75) is 47.1 Å². The van der Waals surface area contributed by atoms with Crippen LogP contribution < -0.4 is 5.32 Å². The van der Waals surface area contributed by atoms with Gasteiger partial charge in [-0.3, -0.25) is 9.79 Å². The average molecular weight is 212 g/mol. The summed E-state index contributed by atoms with van der Waals surface area (Å²) in [6.45, 7) is 10.4. The predicted octanol–water partition coefficient (Wildman–Crippen LogP) is 2.26. The molecule has 3 nitrogen and oxygen atoms in total. The Morgan fingerprint density at radius 1 is 1.40 bits per heavy atom. The molecule has 88 valence electrons. The first-order valence-corrected chi connectivity index (χ1v) is 5.52. The van der Waals surface area contributed by atoms with Gasteiger partial charge < -0.3 is 5.32 Å². The SMILES string of the molecule is CNC(=O)[C@H](CC(C)C)N=CC(C)(C)C. The van der Waals surface area contributed by atoms with E-state index < -0.39 is 0 Å². The van der Waals surface area contributed by atoms with Crippen molar-refractivity contribution in [2.24, 2.45) is 16.3 Å². The first kappa shape index (κ1) is 14.1. The van der Waals surface area contributed by atoms with Gasteiger partial charge in [0, 0.05) is 13.3 Å². The van der Waals surface area contributed by atoms with Crippen LogP contribution in [0.3, 0.4) is 0 Å². The highest BCUT2D eigenvalue weighted by Crippen LogP contribution is 2.12. The van der Waals surface area contributed by atoms with E-state index in [-0.39, 0.29) is 17.4 Å². The minimum absolute atomic E-state index is 0.00389. The molecule has 0 aromatic rings. The highest BCUT2D eigenvalue weighted by Gasteiger charge is 2.17. The van der Waals surface area contributed by atoms with E-state index in [1.807, 2.05) is 6.21 Å². The van der Waals surface area contributed by atoms with Gasteiger partial charge in [0.2, 0.25) is 5.91 Å². The van der Waals surface area contributed by atoms with Crippen LogP contribution in [-0.2, 0) is 4.79 Å². The van der Waals surface area contributed by atoms with Crippen molar-refractivity contribution in [3.8, 4) is 0 Å². The van der Waals surface area contributed by atoms with E-state index in [2.05, 4.69) is 44.9 Å². The summed E-state index contributed by atoms with van der Waals surface area (Å²) in [4.78, 5) is 15.9. The zero-order valence-corrected chi connectivity index (χ0v) is 10.8. The Balaban J connectivity index is 4.51. The minimum Gasteiger partial charge on any atom is -0.357 e. The number of likely N-dealkylation sites (N-methyl/N-ethyl adjacent to an activating group) is 1. The lowest BCUT2D eigenvalue weighted by Gasteiger charge is -2.16. The summed E-state index contributed by atoms with van der Waals surface area (Å²) >= 11 is 0. The minimum atomic E-state index is -0.241. The third-order valence-electron chi connectivity index (χ3n) is 1.89. The standard InChI is InChI=1S/C12H24N2O/c1-9(2)7-10(11(15)13-6)14-8-12(3,4)5/h8-10H,7H2,1-6H3,(H,13,15)/t10-/m0/s1. The van der Waals surface area contributed by atoms with Crippen LogP contribution in [0.1, 0.15) is 41.0 Å². The van der Waals surface area contributed by atoms with E-state index >= 15 is 0 Å². The number of nitrogens with zero attached hydrogens (tertiary/aromatic N) is 1. The molecule has 0 aromatic heterocycles. The third kappa shape index (κ3) is 7.11. The maximum absolute atomic E-state index is 11.5. The second kappa shape index (κ2) is 5.89. The summed E-state index contributed by atoms with van der Waals surface area (Å²) in [6, 6.07) is -0.241. The number of aliphatic imine (C=N–C) groups is 1. The number of hydrogen-bond donors (Lipinski definition) is 1. The second-order valence-corrected chi connectivity index (χ2v) is 5.40. The second-order valence-electron chi connectivity index (χ2n) is 5.40.